The summed E-state index contributed by atoms with van der Waals surface area (Å²) in [7, 11) is 1.91. The Morgan fingerprint density at radius 3 is 2.14 bits per heavy atom. The van der Waals surface area contributed by atoms with Crippen LogP contribution < -0.4 is 5.32 Å². The Balaban J connectivity index is 1.55. The molecule has 0 aromatic carbocycles. The molecule has 0 aromatic heterocycles. The smallest absolute Gasteiger partial charge is 0.193 e. The third-order valence-electron chi connectivity index (χ3n) is 5.36. The lowest BCUT2D eigenvalue weighted by atomic mass is 9.99. The van der Waals surface area contributed by atoms with E-state index in [1.54, 1.807) is 0 Å². The minimum atomic E-state index is 0.876. The summed E-state index contributed by atoms with van der Waals surface area (Å²) in [5.74, 6) is 2.92. The average molecular weight is 309 g/mol. The highest BCUT2D eigenvalue weighted by atomic mass is 15.3. The van der Waals surface area contributed by atoms with E-state index in [1.165, 1.54) is 58.2 Å². The van der Waals surface area contributed by atoms with E-state index in [2.05, 4.69) is 34.0 Å². The van der Waals surface area contributed by atoms with Crippen molar-refractivity contribution in [1.29, 1.82) is 0 Å². The van der Waals surface area contributed by atoms with E-state index in [-0.39, 0.29) is 0 Å². The molecular weight excluding hydrogens is 272 g/mol. The van der Waals surface area contributed by atoms with Crippen LogP contribution in [0.25, 0.3) is 0 Å². The van der Waals surface area contributed by atoms with Gasteiger partial charge in [-0.2, -0.15) is 0 Å². The highest BCUT2D eigenvalue weighted by molar-refractivity contribution is 5.79. The standard InChI is InChI=1S/C18H36N4/c1-16-6-12-21(13-7-16)11-5-4-10-20-18(19-3)22-14-8-17(2)9-15-22/h16-17H,4-15H2,1-3H3,(H,19,20). The van der Waals surface area contributed by atoms with Crippen molar-refractivity contribution < 1.29 is 0 Å². The number of likely N-dealkylation sites (tertiary alicyclic amines) is 2. The molecule has 2 heterocycles. The molecule has 22 heavy (non-hydrogen) atoms. The van der Waals surface area contributed by atoms with Crippen molar-refractivity contribution in [2.75, 3.05) is 46.3 Å². The minimum absolute atomic E-state index is 0.876. The van der Waals surface area contributed by atoms with Gasteiger partial charge in [-0.1, -0.05) is 13.8 Å². The Kier molecular flexibility index (Phi) is 7.50. The molecule has 0 bridgehead atoms. The van der Waals surface area contributed by atoms with Crippen LogP contribution in [0, 0.1) is 11.8 Å². The molecule has 2 aliphatic rings. The van der Waals surface area contributed by atoms with Gasteiger partial charge in [-0.3, -0.25) is 4.99 Å². The fraction of sp³-hybridized carbons (Fsp3) is 0.944. The van der Waals surface area contributed by atoms with Crippen LogP contribution >= 0.6 is 0 Å². The van der Waals surface area contributed by atoms with Crippen LogP contribution in [0.15, 0.2) is 4.99 Å². The fourth-order valence-electron chi connectivity index (χ4n) is 3.50. The highest BCUT2D eigenvalue weighted by Gasteiger charge is 2.18. The lowest BCUT2D eigenvalue weighted by Gasteiger charge is -2.33. The van der Waals surface area contributed by atoms with E-state index in [0.29, 0.717) is 0 Å². The second kappa shape index (κ2) is 9.39. The number of piperidine rings is 2. The van der Waals surface area contributed by atoms with Gasteiger partial charge in [0.05, 0.1) is 0 Å². The molecular formula is C18H36N4. The number of hydrogen-bond donors (Lipinski definition) is 1. The molecule has 4 nitrogen and oxygen atoms in total. The van der Waals surface area contributed by atoms with Gasteiger partial charge in [-0.15, -0.1) is 0 Å². The van der Waals surface area contributed by atoms with E-state index in [4.69, 9.17) is 0 Å². The molecule has 0 aromatic rings. The SMILES string of the molecule is CN=C(NCCCCN1CCC(C)CC1)N1CCC(C)CC1. The number of unbranched alkanes of at least 4 members (excludes halogenated alkanes) is 1. The molecule has 1 N–H and O–H groups in total. The van der Waals surface area contributed by atoms with E-state index in [9.17, 15) is 0 Å². The van der Waals surface area contributed by atoms with Crippen molar-refractivity contribution in [3.63, 3.8) is 0 Å². The second-order valence-electron chi connectivity index (χ2n) is 7.37. The summed E-state index contributed by atoms with van der Waals surface area (Å²) in [5, 5.41) is 3.56. The Morgan fingerprint density at radius 1 is 0.955 bits per heavy atom. The molecule has 2 rings (SSSR count). The monoisotopic (exact) mass is 308 g/mol. The zero-order chi connectivity index (χ0) is 15.8. The van der Waals surface area contributed by atoms with Gasteiger partial charge < -0.3 is 15.1 Å². The zero-order valence-corrected chi connectivity index (χ0v) is 15.0. The summed E-state index contributed by atoms with van der Waals surface area (Å²) >= 11 is 0. The van der Waals surface area contributed by atoms with Crippen molar-refractivity contribution in [3.8, 4) is 0 Å². The zero-order valence-electron chi connectivity index (χ0n) is 15.0. The number of aliphatic imine (C=N–C) groups is 1. The van der Waals surface area contributed by atoms with Gasteiger partial charge in [0, 0.05) is 26.7 Å². The fourth-order valence-corrected chi connectivity index (χ4v) is 3.50. The molecule has 2 aliphatic heterocycles. The molecule has 128 valence electrons. The third kappa shape index (κ3) is 5.79. The summed E-state index contributed by atoms with van der Waals surface area (Å²) in [6.45, 7) is 12.0. The first-order valence-corrected chi connectivity index (χ1v) is 9.37. The van der Waals surface area contributed by atoms with Crippen molar-refractivity contribution in [1.82, 2.24) is 15.1 Å². The molecule has 0 amide bonds. The predicted molar refractivity (Wildman–Crippen MR) is 95.4 cm³/mol. The molecule has 0 unspecified atom stereocenters. The van der Waals surface area contributed by atoms with E-state index in [1.807, 2.05) is 7.05 Å². The van der Waals surface area contributed by atoms with Crippen LogP contribution in [0.2, 0.25) is 0 Å². The van der Waals surface area contributed by atoms with Crippen molar-refractivity contribution in [2.45, 2.75) is 52.4 Å². The topological polar surface area (TPSA) is 30.9 Å². The number of nitrogens with zero attached hydrogens (tertiary/aromatic N) is 3. The quantitative estimate of drug-likeness (QED) is 0.481. The first-order chi connectivity index (χ1) is 10.7. The maximum atomic E-state index is 4.45. The van der Waals surface area contributed by atoms with Gasteiger partial charge in [0.15, 0.2) is 5.96 Å². The molecule has 0 spiro atoms. The number of rotatable bonds is 5. The van der Waals surface area contributed by atoms with Gasteiger partial charge >= 0.3 is 0 Å². The van der Waals surface area contributed by atoms with Gasteiger partial charge in [-0.25, -0.2) is 0 Å². The predicted octanol–water partition coefficient (Wildman–Crippen LogP) is 2.81. The first-order valence-electron chi connectivity index (χ1n) is 9.37. The summed E-state index contributed by atoms with van der Waals surface area (Å²) in [4.78, 5) is 9.52. The lowest BCUT2D eigenvalue weighted by molar-refractivity contribution is 0.189. The third-order valence-corrected chi connectivity index (χ3v) is 5.36. The molecule has 0 aliphatic carbocycles. The maximum Gasteiger partial charge on any atom is 0.193 e. The van der Waals surface area contributed by atoms with Gasteiger partial charge in [0.25, 0.3) is 0 Å². The van der Waals surface area contributed by atoms with Crippen molar-refractivity contribution in [3.05, 3.63) is 0 Å². The van der Waals surface area contributed by atoms with Crippen LogP contribution in [0.5, 0.6) is 0 Å². The highest BCUT2D eigenvalue weighted by Crippen LogP contribution is 2.17. The minimum Gasteiger partial charge on any atom is -0.356 e. The molecule has 4 heteroatoms. The second-order valence-corrected chi connectivity index (χ2v) is 7.37. The molecule has 0 atom stereocenters. The largest absolute Gasteiger partial charge is 0.356 e. The molecule has 2 saturated heterocycles. The average Bonchev–Trinajstić information content (AvgIpc) is 2.54. The van der Waals surface area contributed by atoms with E-state index in [0.717, 1.165) is 37.4 Å². The van der Waals surface area contributed by atoms with Crippen LogP contribution in [0.4, 0.5) is 0 Å². The summed E-state index contributed by atoms with van der Waals surface area (Å²) < 4.78 is 0. The molecule has 0 saturated carbocycles. The Morgan fingerprint density at radius 2 is 1.55 bits per heavy atom. The number of nitrogens with one attached hydrogen (secondary N) is 1. The Hall–Kier alpha value is -0.770. The normalized spacial score (nSPS) is 23.0. The Bertz CT molecular complexity index is 326. The van der Waals surface area contributed by atoms with E-state index >= 15 is 0 Å². The van der Waals surface area contributed by atoms with Crippen molar-refractivity contribution in [2.24, 2.45) is 16.8 Å². The van der Waals surface area contributed by atoms with E-state index < -0.39 is 0 Å². The Labute approximate surface area is 137 Å². The van der Waals surface area contributed by atoms with Gasteiger partial charge in [0.2, 0.25) is 0 Å². The molecule has 2 fully saturated rings. The van der Waals surface area contributed by atoms with Crippen LogP contribution in [-0.4, -0.2) is 62.1 Å². The number of guanidine groups is 1. The summed E-state index contributed by atoms with van der Waals surface area (Å²) in [5.41, 5.74) is 0. The van der Waals surface area contributed by atoms with Gasteiger partial charge in [-0.05, 0) is 70.0 Å². The lowest BCUT2D eigenvalue weighted by Crippen LogP contribution is -2.45. The number of hydrogen-bond acceptors (Lipinski definition) is 2. The summed E-state index contributed by atoms with van der Waals surface area (Å²) in [6, 6.07) is 0. The summed E-state index contributed by atoms with van der Waals surface area (Å²) in [6.07, 6.45) is 7.92. The van der Waals surface area contributed by atoms with Crippen LogP contribution in [-0.2, 0) is 0 Å². The van der Waals surface area contributed by atoms with Crippen molar-refractivity contribution >= 4 is 5.96 Å². The first kappa shape index (κ1) is 17.6. The maximum absolute atomic E-state index is 4.45. The van der Waals surface area contributed by atoms with Crippen LogP contribution in [0.1, 0.15) is 52.4 Å². The van der Waals surface area contributed by atoms with Crippen LogP contribution in [0.3, 0.4) is 0 Å². The molecule has 0 radical (unpaired) electrons. The van der Waals surface area contributed by atoms with Gasteiger partial charge in [0.1, 0.15) is 0 Å².